The third-order valence-corrected chi connectivity index (χ3v) is 8.04. The molecule has 0 radical (unpaired) electrons. The first-order valence-electron chi connectivity index (χ1n) is 9.22. The number of aryl methyl sites for hydroxylation is 1. The molecule has 2 aliphatic heterocycles. The summed E-state index contributed by atoms with van der Waals surface area (Å²) >= 11 is 6.12. The van der Waals surface area contributed by atoms with Crippen molar-refractivity contribution in [1.29, 1.82) is 0 Å². The van der Waals surface area contributed by atoms with Crippen LogP contribution in [0.1, 0.15) is 18.4 Å². The van der Waals surface area contributed by atoms with Gasteiger partial charge >= 0.3 is 0 Å². The molecule has 4 rings (SSSR count). The van der Waals surface area contributed by atoms with Crippen molar-refractivity contribution in [3.63, 3.8) is 0 Å². The number of anilines is 1. The van der Waals surface area contributed by atoms with E-state index in [1.807, 2.05) is 37.3 Å². The lowest BCUT2D eigenvalue weighted by Crippen LogP contribution is -2.57. The lowest BCUT2D eigenvalue weighted by atomic mass is 9.86. The predicted molar refractivity (Wildman–Crippen MR) is 109 cm³/mol. The van der Waals surface area contributed by atoms with Crippen LogP contribution >= 0.6 is 11.6 Å². The van der Waals surface area contributed by atoms with Gasteiger partial charge in [-0.05, 0) is 49.6 Å². The molecule has 1 N–H and O–H groups in total. The van der Waals surface area contributed by atoms with Crippen molar-refractivity contribution in [3.8, 4) is 0 Å². The molecule has 6 nitrogen and oxygen atoms in total. The Hall–Kier alpha value is -2.09. The largest absolute Gasteiger partial charge is 0.339 e. The zero-order valence-electron chi connectivity index (χ0n) is 15.6. The van der Waals surface area contributed by atoms with Crippen LogP contribution in [0.2, 0.25) is 5.02 Å². The van der Waals surface area contributed by atoms with Crippen LogP contribution in [-0.2, 0) is 14.8 Å². The van der Waals surface area contributed by atoms with Crippen LogP contribution in [0.4, 0.5) is 5.69 Å². The summed E-state index contributed by atoms with van der Waals surface area (Å²) in [5.41, 5.74) is 1.08. The topological polar surface area (TPSA) is 69.7 Å². The van der Waals surface area contributed by atoms with Gasteiger partial charge in [0.1, 0.15) is 5.54 Å². The Morgan fingerprint density at radius 3 is 2.39 bits per heavy atom. The maximum absolute atomic E-state index is 13.0. The monoisotopic (exact) mass is 419 g/mol. The minimum absolute atomic E-state index is 0.0354. The van der Waals surface area contributed by atoms with Crippen LogP contribution in [0.25, 0.3) is 0 Å². The van der Waals surface area contributed by atoms with Crippen LogP contribution in [0.15, 0.2) is 53.4 Å². The first kappa shape index (κ1) is 19.2. The fourth-order valence-corrected chi connectivity index (χ4v) is 5.73. The SMILES string of the molecule is Cc1ccc(S(=O)(=O)N2CCC3(CC2)C(=O)NCN3c2ccccc2)cc1Cl. The molecule has 0 bridgehead atoms. The predicted octanol–water partition coefficient (Wildman–Crippen LogP) is 2.77. The molecule has 1 spiro atoms. The fraction of sp³-hybridized carbons (Fsp3) is 0.350. The smallest absolute Gasteiger partial charge is 0.247 e. The number of hydrogen-bond acceptors (Lipinski definition) is 4. The first-order chi connectivity index (χ1) is 13.3. The Kier molecular flexibility index (Phi) is 4.85. The molecule has 0 saturated carbocycles. The number of piperidine rings is 1. The Morgan fingerprint density at radius 2 is 1.75 bits per heavy atom. The van der Waals surface area contributed by atoms with Crippen LogP contribution in [0, 0.1) is 6.92 Å². The van der Waals surface area contributed by atoms with Gasteiger partial charge < -0.3 is 10.2 Å². The Labute approximate surface area is 170 Å². The Morgan fingerprint density at radius 1 is 1.07 bits per heavy atom. The van der Waals surface area contributed by atoms with Crippen LogP contribution in [-0.4, -0.2) is 43.9 Å². The molecular formula is C20H22ClN3O3S. The molecule has 1 amide bonds. The molecule has 2 aliphatic rings. The number of para-hydroxylation sites is 1. The molecule has 0 unspecified atom stereocenters. The lowest BCUT2D eigenvalue weighted by Gasteiger charge is -2.42. The highest BCUT2D eigenvalue weighted by atomic mass is 35.5. The summed E-state index contributed by atoms with van der Waals surface area (Å²) in [5, 5.41) is 3.36. The van der Waals surface area contributed by atoms with Crippen molar-refractivity contribution in [2.24, 2.45) is 0 Å². The summed E-state index contributed by atoms with van der Waals surface area (Å²) in [7, 11) is -3.65. The van der Waals surface area contributed by atoms with E-state index >= 15 is 0 Å². The summed E-state index contributed by atoms with van der Waals surface area (Å²) in [4.78, 5) is 15.0. The molecule has 2 saturated heterocycles. The van der Waals surface area contributed by atoms with Crippen molar-refractivity contribution in [3.05, 3.63) is 59.1 Å². The number of nitrogens with zero attached hydrogens (tertiary/aromatic N) is 2. The average molecular weight is 420 g/mol. The number of nitrogens with one attached hydrogen (secondary N) is 1. The average Bonchev–Trinajstić information content (AvgIpc) is 3.01. The van der Waals surface area contributed by atoms with Gasteiger partial charge in [0.2, 0.25) is 15.9 Å². The molecule has 8 heteroatoms. The second-order valence-corrected chi connectivity index (χ2v) is 9.62. The second-order valence-electron chi connectivity index (χ2n) is 7.27. The molecule has 148 valence electrons. The maximum atomic E-state index is 13.0. The van der Waals surface area contributed by atoms with Crippen molar-refractivity contribution in [2.45, 2.75) is 30.2 Å². The van der Waals surface area contributed by atoms with Crippen molar-refractivity contribution in [1.82, 2.24) is 9.62 Å². The van der Waals surface area contributed by atoms with E-state index in [2.05, 4.69) is 10.2 Å². The van der Waals surface area contributed by atoms with Crippen LogP contribution in [0.3, 0.4) is 0 Å². The number of carbonyl (C=O) groups excluding carboxylic acids is 1. The van der Waals surface area contributed by atoms with Crippen molar-refractivity contribution < 1.29 is 13.2 Å². The van der Waals surface area contributed by atoms with Gasteiger partial charge in [-0.25, -0.2) is 8.42 Å². The summed E-state index contributed by atoms with van der Waals surface area (Å²) in [5.74, 6) is -0.0354. The van der Waals surface area contributed by atoms with E-state index in [4.69, 9.17) is 11.6 Å². The number of benzene rings is 2. The minimum atomic E-state index is -3.65. The lowest BCUT2D eigenvalue weighted by molar-refractivity contribution is -0.124. The summed E-state index contributed by atoms with van der Waals surface area (Å²) < 4.78 is 27.5. The number of hydrogen-bond donors (Lipinski definition) is 1. The van der Waals surface area contributed by atoms with E-state index < -0.39 is 15.6 Å². The van der Waals surface area contributed by atoms with Crippen molar-refractivity contribution >= 4 is 33.2 Å². The van der Waals surface area contributed by atoms with Gasteiger partial charge in [0.15, 0.2) is 0 Å². The molecule has 2 aromatic carbocycles. The van der Waals surface area contributed by atoms with Gasteiger partial charge in [0.25, 0.3) is 0 Å². The molecular weight excluding hydrogens is 398 g/mol. The fourth-order valence-electron chi connectivity index (χ4n) is 4.01. The number of sulfonamides is 1. The van der Waals surface area contributed by atoms with E-state index in [-0.39, 0.29) is 23.9 Å². The highest BCUT2D eigenvalue weighted by molar-refractivity contribution is 7.89. The molecule has 2 aromatic rings. The van der Waals surface area contributed by atoms with Crippen LogP contribution < -0.4 is 10.2 Å². The van der Waals surface area contributed by atoms with Crippen molar-refractivity contribution in [2.75, 3.05) is 24.7 Å². The maximum Gasteiger partial charge on any atom is 0.247 e. The highest BCUT2D eigenvalue weighted by Gasteiger charge is 2.51. The molecule has 28 heavy (non-hydrogen) atoms. The van der Waals surface area contributed by atoms with Gasteiger partial charge in [-0.2, -0.15) is 4.31 Å². The molecule has 2 heterocycles. The third kappa shape index (κ3) is 3.07. The molecule has 2 fully saturated rings. The second kappa shape index (κ2) is 7.06. The van der Waals surface area contributed by atoms with Gasteiger partial charge in [-0.1, -0.05) is 35.9 Å². The summed E-state index contributed by atoms with van der Waals surface area (Å²) in [6.45, 7) is 2.83. The number of halogens is 1. The summed E-state index contributed by atoms with van der Waals surface area (Å²) in [6, 6.07) is 14.5. The zero-order valence-corrected chi connectivity index (χ0v) is 17.1. The molecule has 0 aliphatic carbocycles. The van der Waals surface area contributed by atoms with E-state index in [0.29, 0.717) is 24.5 Å². The number of carbonyl (C=O) groups is 1. The number of rotatable bonds is 3. The van der Waals surface area contributed by atoms with Crippen LogP contribution in [0.5, 0.6) is 0 Å². The van der Waals surface area contributed by atoms with Gasteiger partial charge in [-0.3, -0.25) is 4.79 Å². The van der Waals surface area contributed by atoms with E-state index in [0.717, 1.165) is 11.3 Å². The Bertz CT molecular complexity index is 1000. The van der Waals surface area contributed by atoms with E-state index in [9.17, 15) is 13.2 Å². The van der Waals surface area contributed by atoms with E-state index in [1.165, 1.54) is 10.4 Å². The highest BCUT2D eigenvalue weighted by Crippen LogP contribution is 2.37. The summed E-state index contributed by atoms with van der Waals surface area (Å²) in [6.07, 6.45) is 0.874. The normalized spacial score (nSPS) is 19.8. The third-order valence-electron chi connectivity index (χ3n) is 5.74. The van der Waals surface area contributed by atoms with E-state index in [1.54, 1.807) is 12.1 Å². The van der Waals surface area contributed by atoms with Gasteiger partial charge in [0, 0.05) is 23.8 Å². The zero-order chi connectivity index (χ0) is 19.9. The molecule has 0 atom stereocenters. The minimum Gasteiger partial charge on any atom is -0.339 e. The molecule has 0 aromatic heterocycles. The first-order valence-corrected chi connectivity index (χ1v) is 11.0. The van der Waals surface area contributed by atoms with Gasteiger partial charge in [0.05, 0.1) is 11.6 Å². The van der Waals surface area contributed by atoms with Gasteiger partial charge in [-0.15, -0.1) is 0 Å². The number of amides is 1. The quantitative estimate of drug-likeness (QED) is 0.830. The standard InChI is InChI=1S/C20H22ClN3O3S/c1-15-7-8-17(13-18(15)21)28(26,27)23-11-9-20(10-12-23)19(25)22-14-24(20)16-5-3-2-4-6-16/h2-8,13H,9-12,14H2,1H3,(H,22,25). The Balaban J connectivity index is 1.58.